The third-order valence-corrected chi connectivity index (χ3v) is 6.51. The fourth-order valence-electron chi connectivity index (χ4n) is 3.02. The zero-order valence-corrected chi connectivity index (χ0v) is 17.8. The molecule has 0 bridgehead atoms. The molecule has 0 spiro atoms. The molecule has 148 valence electrons. The molecule has 0 aromatic carbocycles. The number of ether oxygens (including phenoxy) is 2. The van der Waals surface area contributed by atoms with Gasteiger partial charge in [-0.25, -0.2) is 24.6 Å². The van der Waals surface area contributed by atoms with Crippen molar-refractivity contribution >= 4 is 19.1 Å². The molecule has 3 aromatic rings. The van der Waals surface area contributed by atoms with E-state index in [0.29, 0.717) is 24.4 Å². The molecule has 1 aliphatic rings. The Morgan fingerprint density at radius 1 is 1.14 bits per heavy atom. The molecule has 0 unspecified atom stereocenters. The first kappa shape index (κ1) is 18.9. The summed E-state index contributed by atoms with van der Waals surface area (Å²) in [6.45, 7) is 8.13. The van der Waals surface area contributed by atoms with E-state index in [1.807, 2.05) is 0 Å². The Morgan fingerprint density at radius 2 is 1.96 bits per heavy atom. The number of aromatic nitrogens is 6. The van der Waals surface area contributed by atoms with Gasteiger partial charge in [-0.1, -0.05) is 19.6 Å². The zero-order valence-electron chi connectivity index (χ0n) is 16.8. The number of hydrogen-bond acceptors (Lipinski definition) is 7. The van der Waals surface area contributed by atoms with Crippen molar-refractivity contribution in [2.24, 2.45) is 0 Å². The highest BCUT2D eigenvalue weighted by Gasteiger charge is 2.31. The Hall–Kier alpha value is -2.39. The van der Waals surface area contributed by atoms with Crippen LogP contribution in [-0.2, 0) is 11.5 Å². The Morgan fingerprint density at radius 3 is 2.68 bits per heavy atom. The number of rotatable bonds is 8. The molecule has 1 aliphatic carbocycles. The molecule has 4 rings (SSSR count). The molecule has 0 aliphatic heterocycles. The van der Waals surface area contributed by atoms with Crippen molar-refractivity contribution in [1.82, 2.24) is 29.7 Å². The van der Waals surface area contributed by atoms with Crippen molar-refractivity contribution in [3.8, 4) is 17.3 Å². The van der Waals surface area contributed by atoms with Crippen molar-refractivity contribution in [3.63, 3.8) is 0 Å². The lowest BCUT2D eigenvalue weighted by atomic mass is 10.1. The molecule has 1 saturated carbocycles. The lowest BCUT2D eigenvalue weighted by Gasteiger charge is -2.15. The standard InChI is InChI=1S/C19H26N6O2Si/c1-26-19-15(16(13-5-6-13)21-11-22-19)17-20-9-14-10-23-25(18(14)24-17)12-27-7-8-28(2,3)4/h9-11,13H,5-8,12H2,1-4H3. The number of fused-ring (bicyclic) bond motifs is 1. The van der Waals surface area contributed by atoms with E-state index >= 15 is 0 Å². The predicted octanol–water partition coefficient (Wildman–Crippen LogP) is 3.48. The maximum absolute atomic E-state index is 5.85. The van der Waals surface area contributed by atoms with Crippen LogP contribution in [0.5, 0.6) is 5.88 Å². The van der Waals surface area contributed by atoms with Crippen LogP contribution < -0.4 is 4.74 Å². The van der Waals surface area contributed by atoms with E-state index in [9.17, 15) is 0 Å². The lowest BCUT2D eigenvalue weighted by molar-refractivity contribution is 0.0813. The SMILES string of the molecule is COc1ncnc(C2CC2)c1-c1ncc2cnn(COCC[Si](C)(C)C)c2n1. The minimum absolute atomic E-state index is 0.377. The molecule has 0 saturated heterocycles. The summed E-state index contributed by atoms with van der Waals surface area (Å²) in [5, 5.41) is 5.29. The first-order valence-electron chi connectivity index (χ1n) is 9.62. The average molecular weight is 399 g/mol. The molecule has 3 heterocycles. The summed E-state index contributed by atoms with van der Waals surface area (Å²) in [7, 11) is 0.493. The Kier molecular flexibility index (Phi) is 5.11. The van der Waals surface area contributed by atoms with Gasteiger partial charge in [0, 0.05) is 26.8 Å². The second-order valence-corrected chi connectivity index (χ2v) is 14.0. The van der Waals surface area contributed by atoms with Crippen molar-refractivity contribution in [1.29, 1.82) is 0 Å². The van der Waals surface area contributed by atoms with Crippen LogP contribution in [0.3, 0.4) is 0 Å². The van der Waals surface area contributed by atoms with Gasteiger partial charge in [0.05, 0.1) is 24.4 Å². The second kappa shape index (κ2) is 7.55. The van der Waals surface area contributed by atoms with E-state index in [1.54, 1.807) is 30.5 Å². The summed E-state index contributed by atoms with van der Waals surface area (Å²) in [5.74, 6) is 1.51. The number of hydrogen-bond donors (Lipinski definition) is 0. The van der Waals surface area contributed by atoms with Crippen LogP contribution in [-0.4, -0.2) is 51.5 Å². The molecule has 28 heavy (non-hydrogen) atoms. The zero-order chi connectivity index (χ0) is 19.7. The van der Waals surface area contributed by atoms with Gasteiger partial charge in [0.15, 0.2) is 11.5 Å². The van der Waals surface area contributed by atoms with Crippen LogP contribution in [0.15, 0.2) is 18.7 Å². The van der Waals surface area contributed by atoms with Gasteiger partial charge < -0.3 is 9.47 Å². The van der Waals surface area contributed by atoms with Gasteiger partial charge in [-0.3, -0.25) is 0 Å². The highest BCUT2D eigenvalue weighted by atomic mass is 28.3. The van der Waals surface area contributed by atoms with E-state index in [0.717, 1.165) is 47.8 Å². The molecule has 3 aromatic heterocycles. The highest BCUT2D eigenvalue weighted by molar-refractivity contribution is 6.76. The van der Waals surface area contributed by atoms with E-state index in [1.165, 1.54) is 0 Å². The van der Waals surface area contributed by atoms with E-state index < -0.39 is 8.07 Å². The molecule has 8 nitrogen and oxygen atoms in total. The Balaban J connectivity index is 1.63. The lowest BCUT2D eigenvalue weighted by Crippen LogP contribution is -2.22. The Bertz CT molecular complexity index is 980. The van der Waals surface area contributed by atoms with Crippen LogP contribution in [0.4, 0.5) is 0 Å². The van der Waals surface area contributed by atoms with Crippen LogP contribution in [0.25, 0.3) is 22.4 Å². The topological polar surface area (TPSA) is 87.8 Å². The van der Waals surface area contributed by atoms with E-state index in [-0.39, 0.29) is 0 Å². The minimum atomic E-state index is -1.12. The van der Waals surface area contributed by atoms with Crippen LogP contribution in [0.1, 0.15) is 24.5 Å². The van der Waals surface area contributed by atoms with Crippen molar-refractivity contribution in [2.75, 3.05) is 13.7 Å². The smallest absolute Gasteiger partial charge is 0.227 e. The van der Waals surface area contributed by atoms with Crippen molar-refractivity contribution in [2.45, 2.75) is 51.2 Å². The fourth-order valence-corrected chi connectivity index (χ4v) is 3.78. The fraction of sp³-hybridized carbons (Fsp3) is 0.526. The largest absolute Gasteiger partial charge is 0.480 e. The van der Waals surface area contributed by atoms with Gasteiger partial charge in [-0.15, -0.1) is 0 Å². The summed E-state index contributed by atoms with van der Waals surface area (Å²) in [5.41, 5.74) is 2.48. The third kappa shape index (κ3) is 4.05. The summed E-state index contributed by atoms with van der Waals surface area (Å²) in [6, 6.07) is 1.12. The predicted molar refractivity (Wildman–Crippen MR) is 109 cm³/mol. The summed E-state index contributed by atoms with van der Waals surface area (Å²) in [6.07, 6.45) is 7.34. The van der Waals surface area contributed by atoms with Gasteiger partial charge in [0.25, 0.3) is 0 Å². The third-order valence-electron chi connectivity index (χ3n) is 4.81. The van der Waals surface area contributed by atoms with E-state index in [2.05, 4.69) is 39.7 Å². The number of nitrogens with zero attached hydrogens (tertiary/aromatic N) is 6. The van der Waals surface area contributed by atoms with Gasteiger partial charge in [0.2, 0.25) is 5.88 Å². The molecule has 0 amide bonds. The van der Waals surface area contributed by atoms with Gasteiger partial charge in [0.1, 0.15) is 18.6 Å². The number of methoxy groups -OCH3 is 1. The van der Waals surface area contributed by atoms with Gasteiger partial charge in [-0.2, -0.15) is 5.10 Å². The molecule has 0 atom stereocenters. The van der Waals surface area contributed by atoms with Crippen LogP contribution >= 0.6 is 0 Å². The second-order valence-electron chi connectivity index (χ2n) is 8.38. The summed E-state index contributed by atoms with van der Waals surface area (Å²) >= 11 is 0. The maximum atomic E-state index is 5.85. The maximum Gasteiger partial charge on any atom is 0.227 e. The average Bonchev–Trinajstić information content (AvgIpc) is 3.44. The van der Waals surface area contributed by atoms with Crippen LogP contribution in [0, 0.1) is 0 Å². The van der Waals surface area contributed by atoms with Crippen molar-refractivity contribution < 1.29 is 9.47 Å². The molecule has 0 radical (unpaired) electrons. The van der Waals surface area contributed by atoms with Gasteiger partial charge >= 0.3 is 0 Å². The monoisotopic (exact) mass is 398 g/mol. The molecular weight excluding hydrogens is 372 g/mol. The summed E-state index contributed by atoms with van der Waals surface area (Å²) < 4.78 is 13.1. The van der Waals surface area contributed by atoms with Gasteiger partial charge in [-0.05, 0) is 18.9 Å². The Labute approximate surface area is 165 Å². The molecule has 9 heteroatoms. The normalized spacial score (nSPS) is 14.6. The van der Waals surface area contributed by atoms with Crippen LogP contribution in [0.2, 0.25) is 25.7 Å². The highest BCUT2D eigenvalue weighted by Crippen LogP contribution is 2.44. The molecular formula is C19H26N6O2Si. The molecule has 0 N–H and O–H groups in total. The first-order valence-corrected chi connectivity index (χ1v) is 13.3. The van der Waals surface area contributed by atoms with E-state index in [4.69, 9.17) is 14.5 Å². The molecule has 1 fully saturated rings. The quantitative estimate of drug-likeness (QED) is 0.424. The first-order chi connectivity index (χ1) is 13.5. The minimum Gasteiger partial charge on any atom is -0.480 e. The summed E-state index contributed by atoms with van der Waals surface area (Å²) in [4.78, 5) is 18.1. The van der Waals surface area contributed by atoms with Crippen molar-refractivity contribution in [3.05, 3.63) is 24.4 Å².